The molecule has 0 aliphatic rings. The second kappa shape index (κ2) is 5.48. The van der Waals surface area contributed by atoms with Crippen LogP contribution in [0.5, 0.6) is 0 Å². The lowest BCUT2D eigenvalue weighted by Crippen LogP contribution is -2.13. The van der Waals surface area contributed by atoms with Crippen molar-refractivity contribution in [3.63, 3.8) is 0 Å². The summed E-state index contributed by atoms with van der Waals surface area (Å²) in [5, 5.41) is -0.647. The van der Waals surface area contributed by atoms with E-state index in [0.717, 1.165) is 0 Å². The molecule has 96 valence electrons. The summed E-state index contributed by atoms with van der Waals surface area (Å²) in [6.07, 6.45) is 0. The molecule has 0 N–H and O–H groups in total. The van der Waals surface area contributed by atoms with Crippen LogP contribution in [0.3, 0.4) is 0 Å². The molecule has 1 rings (SSSR count). The molecule has 0 spiro atoms. The Bertz CT molecular complexity index is 474. The third kappa shape index (κ3) is 2.49. The summed E-state index contributed by atoms with van der Waals surface area (Å²) in [4.78, 5) is 34.8. The average Bonchev–Trinajstić information content (AvgIpc) is 2.14. The minimum Gasteiger partial charge on any atom is -0.294 e. The van der Waals surface area contributed by atoms with E-state index in [0.29, 0.717) is 27.8 Å². The minimum absolute atomic E-state index is 0.178. The van der Waals surface area contributed by atoms with Gasteiger partial charge < -0.3 is 0 Å². The van der Waals surface area contributed by atoms with Crippen molar-refractivity contribution < 1.29 is 14.4 Å². The normalized spacial score (nSPS) is 10.3. The van der Waals surface area contributed by atoms with Crippen LogP contribution in [0, 0.1) is 20.8 Å². The van der Waals surface area contributed by atoms with Crippen LogP contribution in [-0.4, -0.2) is 14.8 Å². The molecule has 3 nitrogen and oxygen atoms in total. The van der Waals surface area contributed by atoms with Crippen molar-refractivity contribution in [2.75, 3.05) is 0 Å². The van der Waals surface area contributed by atoms with Gasteiger partial charge in [-0.3, -0.25) is 14.4 Å². The van der Waals surface area contributed by atoms with Gasteiger partial charge in [0.15, 0.2) is 5.78 Å². The summed E-state index contributed by atoms with van der Waals surface area (Å²) in [6.45, 7) is 6.47. The highest BCUT2D eigenvalue weighted by Gasteiger charge is 2.24. The molecule has 0 atom stereocenters. The minimum atomic E-state index is -0.647. The molecule has 0 radical (unpaired) electrons. The smallest absolute Gasteiger partial charge is 0.252 e. The summed E-state index contributed by atoms with van der Waals surface area (Å²) in [7, 11) is 0. The monoisotopic (exact) mass is 378 g/mol. The molecule has 0 aliphatic heterocycles. The van der Waals surface area contributed by atoms with Gasteiger partial charge in [0.2, 0.25) is 3.79 Å². The predicted octanol–water partition coefficient (Wildman–Crippen LogP) is 3.77. The molecule has 0 fully saturated rings. The van der Waals surface area contributed by atoms with Crippen LogP contribution in [0.2, 0.25) is 0 Å². The Morgan fingerprint density at radius 1 is 0.889 bits per heavy atom. The van der Waals surface area contributed by atoms with Crippen LogP contribution < -0.4 is 0 Å². The SMILES string of the molecule is CC(=O)c1c(C)c(C(=O)Cl)c(C)c(C(=O)I)c1C. The molecule has 0 heterocycles. The Morgan fingerprint density at radius 3 is 1.61 bits per heavy atom. The highest BCUT2D eigenvalue weighted by Crippen LogP contribution is 2.30. The molecule has 0 aliphatic carbocycles. The van der Waals surface area contributed by atoms with E-state index in [1.165, 1.54) is 6.92 Å². The Morgan fingerprint density at radius 2 is 1.28 bits per heavy atom. The van der Waals surface area contributed by atoms with Gasteiger partial charge in [0, 0.05) is 39.3 Å². The number of benzene rings is 1. The zero-order chi connectivity index (χ0) is 14.2. The van der Waals surface area contributed by atoms with Gasteiger partial charge in [-0.15, -0.1) is 0 Å². The molecular weight excluding hydrogens is 366 g/mol. The molecule has 0 bridgehead atoms. The van der Waals surface area contributed by atoms with Crippen LogP contribution in [0.25, 0.3) is 0 Å². The maximum Gasteiger partial charge on any atom is 0.252 e. The van der Waals surface area contributed by atoms with Crippen molar-refractivity contribution in [3.05, 3.63) is 33.4 Å². The molecule has 0 saturated heterocycles. The topological polar surface area (TPSA) is 51.2 Å². The molecule has 0 amide bonds. The maximum atomic E-state index is 11.7. The third-order valence-electron chi connectivity index (χ3n) is 3.00. The number of Topliss-reactive ketones (excluding diaryl/α,β-unsaturated/α-hetero) is 1. The third-order valence-corrected chi connectivity index (χ3v) is 3.72. The maximum absolute atomic E-state index is 11.7. The molecule has 5 heteroatoms. The van der Waals surface area contributed by atoms with Gasteiger partial charge in [-0.05, 0) is 56.0 Å². The first-order chi connectivity index (χ1) is 8.20. The van der Waals surface area contributed by atoms with Crippen molar-refractivity contribution >= 4 is 49.0 Å². The zero-order valence-electron chi connectivity index (χ0n) is 10.5. The molecule has 18 heavy (non-hydrogen) atoms. The van der Waals surface area contributed by atoms with E-state index in [2.05, 4.69) is 0 Å². The Labute approximate surface area is 124 Å². The van der Waals surface area contributed by atoms with Gasteiger partial charge in [-0.25, -0.2) is 0 Å². The number of hydrogen-bond acceptors (Lipinski definition) is 3. The summed E-state index contributed by atoms with van der Waals surface area (Å²) in [5.41, 5.74) is 2.75. The largest absolute Gasteiger partial charge is 0.294 e. The van der Waals surface area contributed by atoms with Gasteiger partial charge in [-0.2, -0.15) is 0 Å². The lowest BCUT2D eigenvalue weighted by molar-refractivity contribution is 0.101. The first-order valence-corrected chi connectivity index (χ1v) is 6.70. The molecule has 1 aromatic carbocycles. The van der Waals surface area contributed by atoms with Crippen LogP contribution in [0.4, 0.5) is 0 Å². The van der Waals surface area contributed by atoms with Crippen molar-refractivity contribution in [2.45, 2.75) is 27.7 Å². The van der Waals surface area contributed by atoms with Crippen molar-refractivity contribution in [2.24, 2.45) is 0 Å². The first kappa shape index (κ1) is 15.3. The predicted molar refractivity (Wildman–Crippen MR) is 79.2 cm³/mol. The zero-order valence-corrected chi connectivity index (χ0v) is 13.4. The number of halogens is 2. The van der Waals surface area contributed by atoms with Crippen molar-refractivity contribution in [1.82, 2.24) is 0 Å². The fourth-order valence-electron chi connectivity index (χ4n) is 2.34. The summed E-state index contributed by atoms with van der Waals surface area (Å²) in [5.74, 6) is -0.178. The van der Waals surface area contributed by atoms with E-state index < -0.39 is 5.24 Å². The highest BCUT2D eigenvalue weighted by atomic mass is 127. The van der Waals surface area contributed by atoms with Gasteiger partial charge in [-0.1, -0.05) is 0 Å². The van der Waals surface area contributed by atoms with Gasteiger partial charge in [0.1, 0.15) is 0 Å². The molecule has 0 saturated carbocycles. The van der Waals surface area contributed by atoms with E-state index in [1.54, 1.807) is 43.4 Å². The van der Waals surface area contributed by atoms with Gasteiger partial charge in [0.25, 0.3) is 5.24 Å². The van der Waals surface area contributed by atoms with Crippen LogP contribution >= 0.6 is 34.2 Å². The van der Waals surface area contributed by atoms with E-state index >= 15 is 0 Å². The molecule has 1 aromatic rings. The summed E-state index contributed by atoms with van der Waals surface area (Å²) >= 11 is 7.20. The second-order valence-electron chi connectivity index (χ2n) is 4.10. The van der Waals surface area contributed by atoms with Crippen molar-refractivity contribution in [3.8, 4) is 0 Å². The standard InChI is InChI=1S/C13H12ClIO3/c1-5-9(8(4)16)6(2)11(13(15)18)7(3)10(5)12(14)17/h1-4H3. The Balaban J connectivity index is 3.94. The quantitative estimate of drug-likeness (QED) is 0.457. The number of carbonyl (C=O) groups excluding carboxylic acids is 3. The Hall–Kier alpha value is -0.750. The number of hydrogen-bond donors (Lipinski definition) is 0. The fraction of sp³-hybridized carbons (Fsp3) is 0.308. The molecule has 0 unspecified atom stereocenters. The highest BCUT2D eigenvalue weighted by molar-refractivity contribution is 14.1. The van der Waals surface area contributed by atoms with E-state index in [9.17, 15) is 14.4 Å². The molecule has 0 aromatic heterocycles. The van der Waals surface area contributed by atoms with Crippen molar-refractivity contribution in [1.29, 1.82) is 0 Å². The number of ketones is 1. The van der Waals surface area contributed by atoms with E-state index in [-0.39, 0.29) is 15.1 Å². The Kier molecular flexibility index (Phi) is 4.66. The molecular formula is C13H12ClIO3. The summed E-state index contributed by atoms with van der Waals surface area (Å²) in [6, 6.07) is 0. The fourth-order valence-corrected chi connectivity index (χ4v) is 3.43. The summed E-state index contributed by atoms with van der Waals surface area (Å²) < 4.78 is -0.204. The first-order valence-electron chi connectivity index (χ1n) is 5.24. The van der Waals surface area contributed by atoms with E-state index in [4.69, 9.17) is 11.6 Å². The lowest BCUT2D eigenvalue weighted by Gasteiger charge is -2.17. The van der Waals surface area contributed by atoms with E-state index in [1.807, 2.05) is 0 Å². The van der Waals surface area contributed by atoms with Crippen LogP contribution in [-0.2, 0) is 0 Å². The van der Waals surface area contributed by atoms with Crippen LogP contribution in [0.1, 0.15) is 54.7 Å². The van der Waals surface area contributed by atoms with Crippen LogP contribution in [0.15, 0.2) is 0 Å². The van der Waals surface area contributed by atoms with Gasteiger partial charge in [0.05, 0.1) is 0 Å². The number of carbonyl (C=O) groups is 3. The number of rotatable bonds is 3. The average molecular weight is 379 g/mol. The lowest BCUT2D eigenvalue weighted by atomic mass is 9.87. The second-order valence-corrected chi connectivity index (χ2v) is 5.43. The van der Waals surface area contributed by atoms with Gasteiger partial charge >= 0.3 is 0 Å².